The van der Waals surface area contributed by atoms with Crippen LogP contribution in [0.15, 0.2) is 45.9 Å². The van der Waals surface area contributed by atoms with Gasteiger partial charge in [0, 0.05) is 36.0 Å². The van der Waals surface area contributed by atoms with Crippen LogP contribution in [0, 0.1) is 5.92 Å². The molecular weight excluding hydrogens is 404 g/mol. The lowest BCUT2D eigenvalue weighted by atomic mass is 9.93. The number of amides is 1. The van der Waals surface area contributed by atoms with E-state index in [1.54, 1.807) is 16.8 Å². The molecule has 0 radical (unpaired) electrons. The van der Waals surface area contributed by atoms with Gasteiger partial charge in [-0.2, -0.15) is 11.3 Å². The van der Waals surface area contributed by atoms with Crippen molar-refractivity contribution in [1.82, 2.24) is 15.3 Å². The number of aromatic nitrogens is 2. The van der Waals surface area contributed by atoms with Crippen molar-refractivity contribution in [3.8, 4) is 11.3 Å². The number of alkyl carbamates (subject to hydrolysis) is 1. The predicted octanol–water partition coefficient (Wildman–Crippen LogP) is 4.80. The number of ether oxygens (including phenoxy) is 1. The van der Waals surface area contributed by atoms with Crippen molar-refractivity contribution in [2.24, 2.45) is 5.92 Å². The summed E-state index contributed by atoms with van der Waals surface area (Å²) in [6.07, 6.45) is 2.83. The smallest absolute Gasteiger partial charge is 0.407 e. The third kappa shape index (κ3) is 5.55. The topological polar surface area (TPSA) is 67.4 Å². The van der Waals surface area contributed by atoms with E-state index in [1.807, 2.05) is 5.38 Å². The van der Waals surface area contributed by atoms with Gasteiger partial charge in [-0.25, -0.2) is 14.8 Å². The molecule has 8 heteroatoms. The van der Waals surface area contributed by atoms with Crippen LogP contribution in [-0.2, 0) is 11.3 Å². The van der Waals surface area contributed by atoms with Gasteiger partial charge >= 0.3 is 6.09 Å². The number of rotatable bonds is 7. The highest BCUT2D eigenvalue weighted by Gasteiger charge is 2.20. The molecule has 1 saturated heterocycles. The van der Waals surface area contributed by atoms with Gasteiger partial charge in [0.15, 0.2) is 0 Å². The number of hydrogen-bond donors (Lipinski definition) is 1. The highest BCUT2D eigenvalue weighted by atomic mass is 32.1. The van der Waals surface area contributed by atoms with E-state index in [1.165, 1.54) is 16.9 Å². The molecule has 0 saturated carbocycles. The number of nitrogens with one attached hydrogen (secondary N) is 1. The van der Waals surface area contributed by atoms with Crippen LogP contribution < -0.4 is 10.2 Å². The maximum absolute atomic E-state index is 11.8. The van der Waals surface area contributed by atoms with Crippen molar-refractivity contribution in [3.05, 3.63) is 51.6 Å². The molecule has 1 amide bonds. The van der Waals surface area contributed by atoms with Gasteiger partial charge in [-0.1, -0.05) is 6.07 Å². The van der Waals surface area contributed by atoms with Crippen molar-refractivity contribution < 1.29 is 9.53 Å². The summed E-state index contributed by atoms with van der Waals surface area (Å²) in [5.41, 5.74) is 4.73. The summed E-state index contributed by atoms with van der Waals surface area (Å²) in [5.74, 6) is 1.67. The number of hydrogen-bond acceptors (Lipinski definition) is 7. The summed E-state index contributed by atoms with van der Waals surface area (Å²) >= 11 is 3.19. The number of thiophene rings is 1. The third-order valence-corrected chi connectivity index (χ3v) is 6.46. The van der Waals surface area contributed by atoms with Crippen molar-refractivity contribution in [1.29, 1.82) is 0 Å². The zero-order chi connectivity index (χ0) is 19.9. The number of nitrogens with zero attached hydrogens (tertiary/aromatic N) is 3. The number of pyridine rings is 1. The lowest BCUT2D eigenvalue weighted by molar-refractivity contribution is 0.137. The molecule has 29 heavy (non-hydrogen) atoms. The molecule has 0 aromatic carbocycles. The van der Waals surface area contributed by atoms with Gasteiger partial charge in [0.1, 0.15) is 12.4 Å². The first-order chi connectivity index (χ1) is 14.3. The largest absolute Gasteiger partial charge is 0.443 e. The Kier molecular flexibility index (Phi) is 6.74. The van der Waals surface area contributed by atoms with Crippen LogP contribution in [0.25, 0.3) is 11.3 Å². The Morgan fingerprint density at radius 1 is 1.21 bits per heavy atom. The lowest BCUT2D eigenvalue weighted by Gasteiger charge is -2.33. The minimum atomic E-state index is -0.370. The zero-order valence-electron chi connectivity index (χ0n) is 16.1. The molecule has 3 aromatic rings. The van der Waals surface area contributed by atoms with Crippen LogP contribution in [0.5, 0.6) is 0 Å². The van der Waals surface area contributed by atoms with Crippen LogP contribution in [0.4, 0.5) is 10.6 Å². The van der Waals surface area contributed by atoms with Crippen molar-refractivity contribution >= 4 is 34.6 Å². The molecule has 1 fully saturated rings. The van der Waals surface area contributed by atoms with E-state index in [-0.39, 0.29) is 12.7 Å². The van der Waals surface area contributed by atoms with Gasteiger partial charge in [-0.3, -0.25) is 0 Å². The Morgan fingerprint density at radius 3 is 2.86 bits per heavy atom. The van der Waals surface area contributed by atoms with Gasteiger partial charge in [-0.15, -0.1) is 11.3 Å². The minimum Gasteiger partial charge on any atom is -0.443 e. The Bertz CT molecular complexity index is 891. The highest BCUT2D eigenvalue weighted by molar-refractivity contribution is 7.08. The fourth-order valence-corrected chi connectivity index (χ4v) is 4.69. The second kappa shape index (κ2) is 9.84. The summed E-state index contributed by atoms with van der Waals surface area (Å²) < 4.78 is 5.17. The third-order valence-electron chi connectivity index (χ3n) is 5.15. The predicted molar refractivity (Wildman–Crippen MR) is 117 cm³/mol. The van der Waals surface area contributed by atoms with Crippen LogP contribution in [-0.4, -0.2) is 35.7 Å². The quantitative estimate of drug-likeness (QED) is 0.585. The molecule has 4 heterocycles. The molecule has 0 aliphatic carbocycles. The van der Waals surface area contributed by atoms with Crippen LogP contribution in [0.3, 0.4) is 0 Å². The number of carbonyl (C=O) groups is 1. The molecule has 1 aliphatic heterocycles. The summed E-state index contributed by atoms with van der Waals surface area (Å²) in [7, 11) is 0. The van der Waals surface area contributed by atoms with Crippen LogP contribution in [0.1, 0.15) is 25.0 Å². The first kappa shape index (κ1) is 19.8. The van der Waals surface area contributed by atoms with Crippen LogP contribution >= 0.6 is 22.7 Å². The first-order valence-corrected chi connectivity index (χ1v) is 11.7. The molecule has 4 rings (SSSR count). The molecule has 1 N–H and O–H groups in total. The second-order valence-corrected chi connectivity index (χ2v) is 8.59. The van der Waals surface area contributed by atoms with E-state index >= 15 is 0 Å². The molecular formula is C21H24N4O2S2. The fourth-order valence-electron chi connectivity index (χ4n) is 3.50. The number of piperidine rings is 1. The van der Waals surface area contributed by atoms with E-state index in [2.05, 4.69) is 50.2 Å². The molecule has 0 spiro atoms. The molecule has 0 atom stereocenters. The molecule has 1 aliphatic rings. The monoisotopic (exact) mass is 428 g/mol. The Morgan fingerprint density at radius 2 is 2.10 bits per heavy atom. The number of thiazole rings is 1. The molecule has 6 nitrogen and oxygen atoms in total. The maximum atomic E-state index is 11.8. The Hall–Kier alpha value is -2.45. The molecule has 152 valence electrons. The Balaban J connectivity index is 1.18. The lowest BCUT2D eigenvalue weighted by Crippen LogP contribution is -2.35. The first-order valence-electron chi connectivity index (χ1n) is 9.80. The van der Waals surface area contributed by atoms with E-state index in [4.69, 9.17) is 9.72 Å². The van der Waals surface area contributed by atoms with Crippen molar-refractivity contribution in [2.45, 2.75) is 25.9 Å². The fraction of sp³-hybridized carbons (Fsp3) is 0.381. The van der Waals surface area contributed by atoms with Gasteiger partial charge < -0.3 is 15.0 Å². The summed E-state index contributed by atoms with van der Waals surface area (Å²) in [5, 5.41) is 8.94. The number of anilines is 1. The summed E-state index contributed by atoms with van der Waals surface area (Å²) in [4.78, 5) is 23.1. The summed E-state index contributed by atoms with van der Waals surface area (Å²) in [6, 6.07) is 8.36. The number of carbonyl (C=O) groups excluding carboxylic acids is 1. The van der Waals surface area contributed by atoms with Crippen LogP contribution in [0.2, 0.25) is 0 Å². The van der Waals surface area contributed by atoms with Gasteiger partial charge in [0.25, 0.3) is 0 Å². The standard InChI is InChI=1S/C21H24N4O2S2/c26-21(27-12-18-14-29-15-23-18)22-8-4-16-5-9-25(10-6-16)20-3-1-2-19(24-20)17-7-11-28-13-17/h1-3,7,11,13-16H,4-6,8-10,12H2,(H,22,26). The van der Waals surface area contributed by atoms with E-state index < -0.39 is 0 Å². The molecule has 0 bridgehead atoms. The van der Waals surface area contributed by atoms with E-state index in [0.29, 0.717) is 12.5 Å². The average Bonchev–Trinajstić information content (AvgIpc) is 3.47. The highest BCUT2D eigenvalue weighted by Crippen LogP contribution is 2.26. The van der Waals surface area contributed by atoms with E-state index in [0.717, 1.165) is 49.6 Å². The Labute approximate surface area is 178 Å². The van der Waals surface area contributed by atoms with Gasteiger partial charge in [-0.05, 0) is 48.8 Å². The van der Waals surface area contributed by atoms with Gasteiger partial charge in [0.05, 0.1) is 16.9 Å². The zero-order valence-corrected chi connectivity index (χ0v) is 17.8. The molecule has 0 unspecified atom stereocenters. The summed E-state index contributed by atoms with van der Waals surface area (Å²) in [6.45, 7) is 2.87. The maximum Gasteiger partial charge on any atom is 0.407 e. The minimum absolute atomic E-state index is 0.227. The average molecular weight is 429 g/mol. The van der Waals surface area contributed by atoms with E-state index in [9.17, 15) is 4.79 Å². The normalized spacial score (nSPS) is 14.7. The second-order valence-electron chi connectivity index (χ2n) is 7.09. The SMILES string of the molecule is O=C(NCCC1CCN(c2cccc(-c3ccsc3)n2)CC1)OCc1cscn1. The molecule has 3 aromatic heterocycles. The van der Waals surface area contributed by atoms with Crippen molar-refractivity contribution in [2.75, 3.05) is 24.5 Å². The van der Waals surface area contributed by atoms with Gasteiger partial charge in [0.2, 0.25) is 0 Å². The van der Waals surface area contributed by atoms with Crippen molar-refractivity contribution in [3.63, 3.8) is 0 Å².